The molecular weight excluding hydrogens is 257 g/mol. The second-order valence-electron chi connectivity index (χ2n) is 3.61. The van der Waals surface area contributed by atoms with E-state index in [1.54, 1.807) is 12.3 Å². The number of hydrogen-bond donors (Lipinski definition) is 1. The summed E-state index contributed by atoms with van der Waals surface area (Å²) in [5.74, 6) is 0.758. The highest BCUT2D eigenvalue weighted by Crippen LogP contribution is 2.22. The highest BCUT2D eigenvalue weighted by molar-refractivity contribution is 6.35. The zero-order valence-corrected chi connectivity index (χ0v) is 10.8. The van der Waals surface area contributed by atoms with Crippen LogP contribution in [0.15, 0.2) is 30.5 Å². The van der Waals surface area contributed by atoms with Crippen molar-refractivity contribution >= 4 is 28.9 Å². The van der Waals surface area contributed by atoms with E-state index in [0.717, 1.165) is 17.2 Å². The summed E-state index contributed by atoms with van der Waals surface area (Å²) in [6.45, 7) is 2.47. The monoisotopic (exact) mass is 267 g/mol. The van der Waals surface area contributed by atoms with Crippen molar-refractivity contribution < 1.29 is 0 Å². The van der Waals surface area contributed by atoms with Gasteiger partial charge in [0.15, 0.2) is 0 Å². The molecule has 0 amide bonds. The molecule has 1 N–H and O–H groups in total. The molecule has 0 aliphatic rings. The lowest BCUT2D eigenvalue weighted by molar-refractivity contribution is 0.955. The molecule has 0 saturated carbocycles. The molecule has 0 bridgehead atoms. The Labute approximate surface area is 110 Å². The second-order valence-corrected chi connectivity index (χ2v) is 4.48. The van der Waals surface area contributed by atoms with Crippen molar-refractivity contribution in [1.82, 2.24) is 9.97 Å². The summed E-state index contributed by atoms with van der Waals surface area (Å²) in [6, 6.07) is 7.21. The van der Waals surface area contributed by atoms with Gasteiger partial charge in [0.2, 0.25) is 0 Å². The van der Waals surface area contributed by atoms with Gasteiger partial charge in [-0.15, -0.1) is 0 Å². The molecule has 0 spiro atoms. The van der Waals surface area contributed by atoms with Gasteiger partial charge in [0.1, 0.15) is 5.82 Å². The first-order valence-corrected chi connectivity index (χ1v) is 5.87. The molecule has 1 aromatic heterocycles. The highest BCUT2D eigenvalue weighted by Gasteiger charge is 1.99. The van der Waals surface area contributed by atoms with Gasteiger partial charge in [0.25, 0.3) is 0 Å². The van der Waals surface area contributed by atoms with Crippen LogP contribution in [0.1, 0.15) is 11.5 Å². The fourth-order valence-electron chi connectivity index (χ4n) is 1.45. The first-order chi connectivity index (χ1) is 8.13. The van der Waals surface area contributed by atoms with Gasteiger partial charge >= 0.3 is 0 Å². The summed E-state index contributed by atoms with van der Waals surface area (Å²) in [5, 5.41) is 4.43. The van der Waals surface area contributed by atoms with Crippen LogP contribution in [-0.2, 0) is 6.54 Å². The highest BCUT2D eigenvalue weighted by atomic mass is 35.5. The minimum absolute atomic E-state index is 0.610. The zero-order chi connectivity index (χ0) is 12.3. The Kier molecular flexibility index (Phi) is 3.82. The molecule has 3 nitrogen and oxygen atoms in total. The molecule has 0 atom stereocenters. The number of nitrogens with zero attached hydrogens (tertiary/aromatic N) is 2. The van der Waals surface area contributed by atoms with E-state index in [4.69, 9.17) is 23.2 Å². The molecule has 0 radical (unpaired) electrons. The van der Waals surface area contributed by atoms with Crippen molar-refractivity contribution in [1.29, 1.82) is 0 Å². The molecule has 0 unspecified atom stereocenters. The Morgan fingerprint density at radius 3 is 2.53 bits per heavy atom. The summed E-state index contributed by atoms with van der Waals surface area (Å²) in [7, 11) is 0. The lowest BCUT2D eigenvalue weighted by Crippen LogP contribution is -2.03. The summed E-state index contributed by atoms with van der Waals surface area (Å²) in [4.78, 5) is 8.34. The molecule has 1 heterocycles. The first-order valence-electron chi connectivity index (χ1n) is 5.12. The predicted molar refractivity (Wildman–Crippen MR) is 70.6 cm³/mol. The number of halogens is 2. The Hall–Kier alpha value is -1.32. The Bertz CT molecular complexity index is 509. The van der Waals surface area contributed by atoms with Crippen molar-refractivity contribution in [3.8, 4) is 0 Å². The Balaban J connectivity index is 2.07. The van der Waals surface area contributed by atoms with Crippen molar-refractivity contribution in [2.24, 2.45) is 0 Å². The smallest absolute Gasteiger partial charge is 0.125 e. The normalized spacial score (nSPS) is 10.3. The average Bonchev–Trinajstić information content (AvgIpc) is 2.25. The zero-order valence-electron chi connectivity index (χ0n) is 9.24. The molecule has 2 rings (SSSR count). The standard InChI is InChI=1S/C12H11Cl2N3/c1-8-15-3-2-11(17-8)7-16-12-5-9(13)4-10(14)6-12/h2-6,16H,7H2,1H3. The van der Waals surface area contributed by atoms with Crippen LogP contribution < -0.4 is 5.32 Å². The van der Waals surface area contributed by atoms with Gasteiger partial charge < -0.3 is 5.32 Å². The van der Waals surface area contributed by atoms with E-state index in [9.17, 15) is 0 Å². The van der Waals surface area contributed by atoms with Gasteiger partial charge in [0, 0.05) is 21.9 Å². The molecule has 0 aliphatic carbocycles. The summed E-state index contributed by atoms with van der Waals surface area (Å²) < 4.78 is 0. The van der Waals surface area contributed by atoms with Gasteiger partial charge in [-0.3, -0.25) is 0 Å². The van der Waals surface area contributed by atoms with Gasteiger partial charge in [-0.25, -0.2) is 9.97 Å². The minimum atomic E-state index is 0.610. The molecule has 5 heteroatoms. The lowest BCUT2D eigenvalue weighted by Gasteiger charge is -2.07. The molecule has 2 aromatic rings. The number of benzene rings is 1. The van der Waals surface area contributed by atoms with Crippen LogP contribution in [0.25, 0.3) is 0 Å². The van der Waals surface area contributed by atoms with Gasteiger partial charge in [-0.05, 0) is 31.2 Å². The van der Waals surface area contributed by atoms with Crippen LogP contribution in [0.4, 0.5) is 5.69 Å². The molecule has 17 heavy (non-hydrogen) atoms. The van der Waals surface area contributed by atoms with Gasteiger partial charge in [-0.2, -0.15) is 0 Å². The molecule has 0 saturated heterocycles. The largest absolute Gasteiger partial charge is 0.379 e. The number of aromatic nitrogens is 2. The number of anilines is 1. The van der Waals surface area contributed by atoms with Gasteiger partial charge in [0.05, 0.1) is 12.2 Å². The van der Waals surface area contributed by atoms with E-state index in [2.05, 4.69) is 15.3 Å². The second kappa shape index (κ2) is 5.34. The number of aryl methyl sites for hydroxylation is 1. The van der Waals surface area contributed by atoms with Crippen LogP contribution in [-0.4, -0.2) is 9.97 Å². The fraction of sp³-hybridized carbons (Fsp3) is 0.167. The van der Waals surface area contributed by atoms with E-state index in [1.807, 2.05) is 25.1 Å². The third kappa shape index (κ3) is 3.58. The molecule has 0 fully saturated rings. The van der Waals surface area contributed by atoms with E-state index in [1.165, 1.54) is 0 Å². The van der Waals surface area contributed by atoms with E-state index in [-0.39, 0.29) is 0 Å². The summed E-state index contributed by atoms with van der Waals surface area (Å²) in [6.07, 6.45) is 1.74. The first kappa shape index (κ1) is 12.1. The Morgan fingerprint density at radius 2 is 1.88 bits per heavy atom. The van der Waals surface area contributed by atoms with Gasteiger partial charge in [-0.1, -0.05) is 23.2 Å². The maximum absolute atomic E-state index is 5.91. The number of rotatable bonds is 3. The topological polar surface area (TPSA) is 37.8 Å². The SMILES string of the molecule is Cc1nccc(CNc2cc(Cl)cc(Cl)c2)n1. The van der Waals surface area contributed by atoms with Crippen molar-refractivity contribution in [3.63, 3.8) is 0 Å². The molecule has 1 aromatic carbocycles. The van der Waals surface area contributed by atoms with E-state index >= 15 is 0 Å². The predicted octanol–water partition coefficient (Wildman–Crippen LogP) is 3.70. The maximum atomic E-state index is 5.91. The number of hydrogen-bond acceptors (Lipinski definition) is 3. The molecule has 0 aliphatic heterocycles. The average molecular weight is 268 g/mol. The molecular formula is C12H11Cl2N3. The van der Waals surface area contributed by atoms with E-state index in [0.29, 0.717) is 16.6 Å². The van der Waals surface area contributed by atoms with Crippen molar-refractivity contribution in [3.05, 3.63) is 52.0 Å². The lowest BCUT2D eigenvalue weighted by atomic mass is 10.3. The van der Waals surface area contributed by atoms with Crippen LogP contribution in [0.5, 0.6) is 0 Å². The Morgan fingerprint density at radius 1 is 1.18 bits per heavy atom. The van der Waals surface area contributed by atoms with Crippen molar-refractivity contribution in [2.75, 3.05) is 5.32 Å². The fourth-order valence-corrected chi connectivity index (χ4v) is 1.98. The summed E-state index contributed by atoms with van der Waals surface area (Å²) >= 11 is 11.8. The van der Waals surface area contributed by atoms with E-state index < -0.39 is 0 Å². The molecule has 88 valence electrons. The minimum Gasteiger partial charge on any atom is -0.379 e. The van der Waals surface area contributed by atoms with Crippen LogP contribution in [0, 0.1) is 6.92 Å². The van der Waals surface area contributed by atoms with Crippen LogP contribution >= 0.6 is 23.2 Å². The van der Waals surface area contributed by atoms with Crippen LogP contribution in [0.3, 0.4) is 0 Å². The van der Waals surface area contributed by atoms with Crippen molar-refractivity contribution in [2.45, 2.75) is 13.5 Å². The third-order valence-corrected chi connectivity index (χ3v) is 2.61. The third-order valence-electron chi connectivity index (χ3n) is 2.17. The van der Waals surface area contributed by atoms with Crippen LogP contribution in [0.2, 0.25) is 10.0 Å². The number of nitrogens with one attached hydrogen (secondary N) is 1. The quantitative estimate of drug-likeness (QED) is 0.922. The maximum Gasteiger partial charge on any atom is 0.125 e. The summed E-state index contributed by atoms with van der Waals surface area (Å²) in [5.41, 5.74) is 1.80.